The van der Waals surface area contributed by atoms with Crippen molar-refractivity contribution in [3.63, 3.8) is 0 Å². The molecule has 2 aromatic carbocycles. The Bertz CT molecular complexity index is 894. The molecule has 2 aliphatic rings. The van der Waals surface area contributed by atoms with Crippen LogP contribution in [0.15, 0.2) is 36.4 Å². The number of nitrogens with two attached hydrogens (primary N) is 2. The molecule has 0 saturated carbocycles. The van der Waals surface area contributed by atoms with Gasteiger partial charge < -0.3 is 21.3 Å². The summed E-state index contributed by atoms with van der Waals surface area (Å²) in [6, 6.07) is 7.25. The Kier molecular flexibility index (Phi) is 9.24. The van der Waals surface area contributed by atoms with E-state index in [4.69, 9.17) is 11.5 Å². The molecule has 4 N–H and O–H groups in total. The molecule has 2 aromatic rings. The third kappa shape index (κ3) is 7.61. The average Bonchev–Trinajstić information content (AvgIpc) is 3.24. The summed E-state index contributed by atoms with van der Waals surface area (Å²) in [5.41, 5.74) is 12.0. The Balaban J connectivity index is 0.000000201. The monoisotopic (exact) mass is 516 g/mol. The maximum Gasteiger partial charge on any atom is 0.416 e. The van der Waals surface area contributed by atoms with Crippen molar-refractivity contribution in [3.05, 3.63) is 47.5 Å². The molecular formula is C26H34F6N4. The molecule has 2 heterocycles. The van der Waals surface area contributed by atoms with Gasteiger partial charge in [-0.05, 0) is 62.1 Å². The van der Waals surface area contributed by atoms with Crippen molar-refractivity contribution in [2.45, 2.75) is 63.7 Å². The molecular weight excluding hydrogens is 482 g/mol. The van der Waals surface area contributed by atoms with Gasteiger partial charge in [-0.3, -0.25) is 0 Å². The fourth-order valence-corrected chi connectivity index (χ4v) is 4.66. The van der Waals surface area contributed by atoms with Gasteiger partial charge in [0.05, 0.1) is 33.9 Å². The predicted octanol–water partition coefficient (Wildman–Crippen LogP) is 7.34. The van der Waals surface area contributed by atoms with Crippen molar-refractivity contribution < 1.29 is 26.3 Å². The van der Waals surface area contributed by atoms with Gasteiger partial charge in [0.15, 0.2) is 0 Å². The van der Waals surface area contributed by atoms with Crippen molar-refractivity contribution in [2.24, 2.45) is 0 Å². The fourth-order valence-electron chi connectivity index (χ4n) is 4.66. The largest absolute Gasteiger partial charge is 0.416 e. The van der Waals surface area contributed by atoms with Crippen LogP contribution in [0.1, 0.15) is 62.5 Å². The maximum absolute atomic E-state index is 12.5. The molecule has 36 heavy (non-hydrogen) atoms. The molecule has 0 aromatic heterocycles. The summed E-state index contributed by atoms with van der Waals surface area (Å²) < 4.78 is 75.2. The lowest BCUT2D eigenvalue weighted by Gasteiger charge is -2.24. The summed E-state index contributed by atoms with van der Waals surface area (Å²) in [7, 11) is 0. The quantitative estimate of drug-likeness (QED) is 0.324. The number of hydrogen-bond donors (Lipinski definition) is 2. The molecule has 0 amide bonds. The van der Waals surface area contributed by atoms with Gasteiger partial charge in [0.25, 0.3) is 0 Å². The minimum absolute atomic E-state index is 0.215. The lowest BCUT2D eigenvalue weighted by molar-refractivity contribution is -0.138. The summed E-state index contributed by atoms with van der Waals surface area (Å²) in [5.74, 6) is 0. The van der Waals surface area contributed by atoms with Crippen LogP contribution in [0.4, 0.5) is 49.1 Å². The first-order chi connectivity index (χ1) is 17.0. The zero-order valence-corrected chi connectivity index (χ0v) is 20.3. The van der Waals surface area contributed by atoms with Gasteiger partial charge in [-0.1, -0.05) is 25.7 Å². The lowest BCUT2D eigenvalue weighted by Crippen LogP contribution is -2.25. The van der Waals surface area contributed by atoms with Crippen molar-refractivity contribution in [3.8, 4) is 0 Å². The highest BCUT2D eigenvalue weighted by Crippen LogP contribution is 2.36. The van der Waals surface area contributed by atoms with E-state index in [2.05, 4.69) is 9.80 Å². The van der Waals surface area contributed by atoms with Crippen LogP contribution < -0.4 is 21.3 Å². The van der Waals surface area contributed by atoms with Crippen LogP contribution in [0, 0.1) is 0 Å². The average molecular weight is 517 g/mol. The summed E-state index contributed by atoms with van der Waals surface area (Å²) in [4.78, 5) is 4.17. The molecule has 0 unspecified atom stereocenters. The molecule has 200 valence electrons. The van der Waals surface area contributed by atoms with Crippen molar-refractivity contribution >= 4 is 22.7 Å². The van der Waals surface area contributed by atoms with E-state index in [1.807, 2.05) is 0 Å². The minimum Gasteiger partial charge on any atom is -0.397 e. The Morgan fingerprint density at radius 1 is 0.500 bits per heavy atom. The van der Waals surface area contributed by atoms with Crippen molar-refractivity contribution in [2.75, 3.05) is 47.4 Å². The third-order valence-electron chi connectivity index (χ3n) is 6.60. The number of benzene rings is 2. The van der Waals surface area contributed by atoms with Crippen LogP contribution in [0.5, 0.6) is 0 Å². The Morgan fingerprint density at radius 3 is 1.06 bits per heavy atom. The molecule has 0 spiro atoms. The fraction of sp³-hybridized carbons (Fsp3) is 0.538. The SMILES string of the molecule is Nc1cc(C(F)(F)F)ccc1N1CCCCCC1.Nc1cc(C(F)(F)F)ccc1N1CCCCCC1. The summed E-state index contributed by atoms with van der Waals surface area (Å²) >= 11 is 0. The van der Waals surface area contributed by atoms with Gasteiger partial charge in [-0.25, -0.2) is 0 Å². The smallest absolute Gasteiger partial charge is 0.397 e. The van der Waals surface area contributed by atoms with E-state index in [9.17, 15) is 26.3 Å². The molecule has 10 heteroatoms. The van der Waals surface area contributed by atoms with Crippen LogP contribution in [0.3, 0.4) is 0 Å². The molecule has 2 fully saturated rings. The van der Waals surface area contributed by atoms with E-state index in [0.29, 0.717) is 0 Å². The van der Waals surface area contributed by atoms with E-state index in [-0.39, 0.29) is 11.4 Å². The van der Waals surface area contributed by atoms with Gasteiger partial charge in [-0.15, -0.1) is 0 Å². The lowest BCUT2D eigenvalue weighted by atomic mass is 10.1. The Morgan fingerprint density at radius 2 is 0.806 bits per heavy atom. The zero-order valence-electron chi connectivity index (χ0n) is 20.3. The molecule has 2 aliphatic heterocycles. The first-order valence-electron chi connectivity index (χ1n) is 12.4. The summed E-state index contributed by atoms with van der Waals surface area (Å²) in [6.45, 7) is 3.48. The molecule has 4 rings (SSSR count). The second kappa shape index (κ2) is 12.0. The van der Waals surface area contributed by atoms with E-state index < -0.39 is 23.5 Å². The number of nitrogens with zero attached hydrogens (tertiary/aromatic N) is 2. The molecule has 0 bridgehead atoms. The molecule has 0 atom stereocenters. The normalized spacial score (nSPS) is 17.6. The minimum atomic E-state index is -4.33. The maximum atomic E-state index is 12.5. The van der Waals surface area contributed by atoms with Crippen LogP contribution >= 0.6 is 0 Å². The highest BCUT2D eigenvalue weighted by Gasteiger charge is 2.32. The van der Waals surface area contributed by atoms with Crippen LogP contribution in [0.25, 0.3) is 0 Å². The number of halogens is 6. The highest BCUT2D eigenvalue weighted by atomic mass is 19.4. The Hall–Kier alpha value is -2.78. The van der Waals surface area contributed by atoms with E-state index in [0.717, 1.165) is 87.5 Å². The van der Waals surface area contributed by atoms with Gasteiger partial charge in [0, 0.05) is 26.2 Å². The van der Waals surface area contributed by atoms with Crippen LogP contribution in [0.2, 0.25) is 0 Å². The van der Waals surface area contributed by atoms with Gasteiger partial charge >= 0.3 is 12.4 Å². The van der Waals surface area contributed by atoms with Crippen LogP contribution in [-0.4, -0.2) is 26.2 Å². The number of nitrogen functional groups attached to an aromatic ring is 2. The number of anilines is 4. The van der Waals surface area contributed by atoms with Gasteiger partial charge in [0.1, 0.15) is 0 Å². The van der Waals surface area contributed by atoms with E-state index in [1.54, 1.807) is 0 Å². The molecule has 4 nitrogen and oxygen atoms in total. The van der Waals surface area contributed by atoms with E-state index in [1.165, 1.54) is 37.8 Å². The summed E-state index contributed by atoms with van der Waals surface area (Å²) in [5, 5.41) is 0. The molecule has 2 saturated heterocycles. The first-order valence-corrected chi connectivity index (χ1v) is 12.4. The van der Waals surface area contributed by atoms with Crippen LogP contribution in [-0.2, 0) is 12.4 Å². The highest BCUT2D eigenvalue weighted by molar-refractivity contribution is 5.69. The summed E-state index contributed by atoms with van der Waals surface area (Å²) in [6.07, 6.45) is 0.334. The topological polar surface area (TPSA) is 58.5 Å². The second-order valence-electron chi connectivity index (χ2n) is 9.35. The van der Waals surface area contributed by atoms with Gasteiger partial charge in [-0.2, -0.15) is 26.3 Å². The molecule has 0 radical (unpaired) electrons. The van der Waals surface area contributed by atoms with E-state index >= 15 is 0 Å². The zero-order chi connectivity index (χ0) is 26.3. The predicted molar refractivity (Wildman–Crippen MR) is 133 cm³/mol. The number of hydrogen-bond acceptors (Lipinski definition) is 4. The number of rotatable bonds is 2. The Labute approximate surface area is 208 Å². The number of alkyl halides is 6. The van der Waals surface area contributed by atoms with Crippen molar-refractivity contribution in [1.82, 2.24) is 0 Å². The first kappa shape index (κ1) is 27.8. The van der Waals surface area contributed by atoms with Gasteiger partial charge in [0.2, 0.25) is 0 Å². The third-order valence-corrected chi connectivity index (χ3v) is 6.60. The molecule has 0 aliphatic carbocycles. The standard InChI is InChI=1S/2C13H17F3N2/c2*14-13(15,16)10-5-6-12(11(17)9-10)18-7-3-1-2-4-8-18/h2*5-6,9H,1-4,7-8,17H2. The van der Waals surface area contributed by atoms with Crippen molar-refractivity contribution in [1.29, 1.82) is 0 Å². The second-order valence-corrected chi connectivity index (χ2v) is 9.35.